The van der Waals surface area contributed by atoms with Crippen LogP contribution in [0.3, 0.4) is 0 Å². The molecule has 1 unspecified atom stereocenters. The molecule has 1 aliphatic heterocycles. The maximum atomic E-state index is 4.74. The monoisotopic (exact) mass is 308 g/mol. The van der Waals surface area contributed by atoms with Gasteiger partial charge in [-0.15, -0.1) is 0 Å². The average Bonchev–Trinajstić information content (AvgIpc) is 3.05. The highest BCUT2D eigenvalue weighted by atomic mass is 15.2. The van der Waals surface area contributed by atoms with Gasteiger partial charge in [-0.05, 0) is 38.4 Å². The van der Waals surface area contributed by atoms with Gasteiger partial charge in [-0.2, -0.15) is 5.10 Å². The molecule has 0 bridgehead atoms. The molecule has 3 aromatic rings. The Morgan fingerprint density at radius 2 is 2.17 bits per heavy atom. The standard InChI is InChI=1S/C17H20N6/c1-12-7-19-15(9-18-12)11-23-6-2-3-14(10-23)16-5-4-13-8-20-22-17(13)21-16/h4-5,7-9,14H,2-3,6,10-11H2,1H3,(H,20,21,22). The van der Waals surface area contributed by atoms with Crippen molar-refractivity contribution in [3.8, 4) is 0 Å². The number of pyridine rings is 1. The summed E-state index contributed by atoms with van der Waals surface area (Å²) < 4.78 is 0. The molecule has 118 valence electrons. The molecule has 1 aliphatic rings. The van der Waals surface area contributed by atoms with Gasteiger partial charge >= 0.3 is 0 Å². The molecule has 1 atom stereocenters. The number of aryl methyl sites for hydroxylation is 1. The van der Waals surface area contributed by atoms with E-state index in [9.17, 15) is 0 Å². The Labute approximate surface area is 135 Å². The third-order valence-corrected chi connectivity index (χ3v) is 4.47. The minimum Gasteiger partial charge on any atom is -0.297 e. The van der Waals surface area contributed by atoms with Gasteiger partial charge in [0.2, 0.25) is 0 Å². The van der Waals surface area contributed by atoms with Crippen LogP contribution in [0.2, 0.25) is 0 Å². The van der Waals surface area contributed by atoms with Gasteiger partial charge in [0.05, 0.1) is 17.6 Å². The van der Waals surface area contributed by atoms with Gasteiger partial charge in [0, 0.05) is 42.5 Å². The highest BCUT2D eigenvalue weighted by Crippen LogP contribution is 2.27. The number of hydrogen-bond acceptors (Lipinski definition) is 5. The maximum absolute atomic E-state index is 4.74. The number of likely N-dealkylation sites (tertiary alicyclic amines) is 1. The first-order valence-corrected chi connectivity index (χ1v) is 8.08. The number of hydrogen-bond donors (Lipinski definition) is 1. The quantitative estimate of drug-likeness (QED) is 0.804. The second kappa shape index (κ2) is 6.04. The Hall–Kier alpha value is -2.34. The Kier molecular flexibility index (Phi) is 3.75. The predicted octanol–water partition coefficient (Wildman–Crippen LogP) is 2.44. The minimum absolute atomic E-state index is 0.467. The lowest BCUT2D eigenvalue weighted by molar-refractivity contribution is 0.196. The fourth-order valence-corrected chi connectivity index (χ4v) is 3.24. The molecule has 6 heteroatoms. The zero-order chi connectivity index (χ0) is 15.6. The molecule has 0 aliphatic carbocycles. The molecule has 0 saturated carbocycles. The van der Waals surface area contributed by atoms with Gasteiger partial charge in [-0.25, -0.2) is 4.98 Å². The van der Waals surface area contributed by atoms with E-state index in [2.05, 4.69) is 37.2 Å². The Morgan fingerprint density at radius 1 is 1.22 bits per heavy atom. The third-order valence-electron chi connectivity index (χ3n) is 4.47. The van der Waals surface area contributed by atoms with E-state index in [0.717, 1.165) is 47.7 Å². The van der Waals surface area contributed by atoms with E-state index in [1.165, 1.54) is 12.8 Å². The van der Waals surface area contributed by atoms with Crippen LogP contribution in [0.25, 0.3) is 11.0 Å². The molecule has 4 rings (SSSR count). The fraction of sp³-hybridized carbons (Fsp3) is 0.412. The van der Waals surface area contributed by atoms with E-state index >= 15 is 0 Å². The van der Waals surface area contributed by atoms with Crippen molar-refractivity contribution in [3.63, 3.8) is 0 Å². The first kappa shape index (κ1) is 14.3. The van der Waals surface area contributed by atoms with Crippen molar-refractivity contribution in [1.82, 2.24) is 30.0 Å². The molecule has 6 nitrogen and oxygen atoms in total. The van der Waals surface area contributed by atoms with Crippen molar-refractivity contribution >= 4 is 11.0 Å². The van der Waals surface area contributed by atoms with E-state index in [1.54, 1.807) is 0 Å². The normalized spacial score (nSPS) is 19.3. The van der Waals surface area contributed by atoms with Crippen LogP contribution in [0.1, 0.15) is 35.8 Å². The van der Waals surface area contributed by atoms with E-state index in [1.807, 2.05) is 25.5 Å². The molecule has 1 saturated heterocycles. The second-order valence-corrected chi connectivity index (χ2v) is 6.27. The Morgan fingerprint density at radius 3 is 3.04 bits per heavy atom. The first-order chi connectivity index (χ1) is 11.3. The molecule has 0 radical (unpaired) electrons. The topological polar surface area (TPSA) is 70.6 Å². The summed E-state index contributed by atoms with van der Waals surface area (Å²) in [5, 5.41) is 8.08. The zero-order valence-corrected chi connectivity index (χ0v) is 13.2. The van der Waals surface area contributed by atoms with Gasteiger partial charge < -0.3 is 0 Å². The molecule has 1 N–H and O–H groups in total. The van der Waals surface area contributed by atoms with Crippen LogP contribution in [0, 0.1) is 6.92 Å². The number of fused-ring (bicyclic) bond motifs is 1. The SMILES string of the molecule is Cc1cnc(CN2CCCC(c3ccc4cn[nH]c4n3)C2)cn1. The molecule has 3 aromatic heterocycles. The first-order valence-electron chi connectivity index (χ1n) is 8.08. The maximum Gasteiger partial charge on any atom is 0.155 e. The number of aromatic nitrogens is 5. The fourth-order valence-electron chi connectivity index (χ4n) is 3.24. The lowest BCUT2D eigenvalue weighted by Crippen LogP contribution is -2.34. The number of piperidine rings is 1. The van der Waals surface area contributed by atoms with Crippen molar-refractivity contribution in [3.05, 3.63) is 47.8 Å². The zero-order valence-electron chi connectivity index (χ0n) is 13.2. The summed E-state index contributed by atoms with van der Waals surface area (Å²) in [4.78, 5) is 16.0. The van der Waals surface area contributed by atoms with Crippen LogP contribution < -0.4 is 0 Å². The van der Waals surface area contributed by atoms with Crippen LogP contribution in [0.15, 0.2) is 30.7 Å². The molecule has 0 aromatic carbocycles. The van der Waals surface area contributed by atoms with Crippen LogP contribution in [-0.4, -0.2) is 43.1 Å². The van der Waals surface area contributed by atoms with Crippen LogP contribution >= 0.6 is 0 Å². The Bertz CT molecular complexity index is 794. The second-order valence-electron chi connectivity index (χ2n) is 6.27. The lowest BCUT2D eigenvalue weighted by atomic mass is 9.94. The molecule has 23 heavy (non-hydrogen) atoms. The van der Waals surface area contributed by atoms with Crippen molar-refractivity contribution < 1.29 is 0 Å². The average molecular weight is 308 g/mol. The van der Waals surface area contributed by atoms with E-state index < -0.39 is 0 Å². The predicted molar refractivity (Wildman–Crippen MR) is 87.9 cm³/mol. The van der Waals surface area contributed by atoms with E-state index in [4.69, 9.17) is 4.98 Å². The van der Waals surface area contributed by atoms with E-state index in [0.29, 0.717) is 5.92 Å². The van der Waals surface area contributed by atoms with Gasteiger partial charge in [-0.1, -0.05) is 0 Å². The molecule has 0 amide bonds. The summed E-state index contributed by atoms with van der Waals surface area (Å²) in [6, 6.07) is 4.24. The number of H-pyrrole nitrogens is 1. The van der Waals surface area contributed by atoms with Crippen LogP contribution in [0.5, 0.6) is 0 Å². The summed E-state index contributed by atoms with van der Waals surface area (Å²) in [6.45, 7) is 4.95. The molecule has 1 fully saturated rings. The summed E-state index contributed by atoms with van der Waals surface area (Å²) in [6.07, 6.45) is 7.91. The highest BCUT2D eigenvalue weighted by Gasteiger charge is 2.23. The van der Waals surface area contributed by atoms with Gasteiger partial charge in [-0.3, -0.25) is 20.0 Å². The van der Waals surface area contributed by atoms with Gasteiger partial charge in [0.25, 0.3) is 0 Å². The minimum atomic E-state index is 0.467. The molecular formula is C17H20N6. The molecule has 4 heterocycles. The smallest absolute Gasteiger partial charge is 0.155 e. The summed E-state index contributed by atoms with van der Waals surface area (Å²) in [5.41, 5.74) is 4.03. The van der Waals surface area contributed by atoms with Gasteiger partial charge in [0.15, 0.2) is 5.65 Å². The third kappa shape index (κ3) is 3.07. The van der Waals surface area contributed by atoms with E-state index in [-0.39, 0.29) is 0 Å². The Balaban J connectivity index is 1.48. The summed E-state index contributed by atoms with van der Waals surface area (Å²) >= 11 is 0. The lowest BCUT2D eigenvalue weighted by Gasteiger charge is -2.32. The summed E-state index contributed by atoms with van der Waals surface area (Å²) in [5.74, 6) is 0.467. The van der Waals surface area contributed by atoms with Crippen LogP contribution in [0.4, 0.5) is 0 Å². The molecule has 0 spiro atoms. The van der Waals surface area contributed by atoms with Gasteiger partial charge in [0.1, 0.15) is 0 Å². The molecular weight excluding hydrogens is 288 g/mol. The number of aromatic amines is 1. The van der Waals surface area contributed by atoms with Crippen molar-refractivity contribution in [2.45, 2.75) is 32.2 Å². The number of nitrogens with zero attached hydrogens (tertiary/aromatic N) is 5. The summed E-state index contributed by atoms with van der Waals surface area (Å²) in [7, 11) is 0. The highest BCUT2D eigenvalue weighted by molar-refractivity contribution is 5.73. The van der Waals surface area contributed by atoms with Crippen molar-refractivity contribution in [2.24, 2.45) is 0 Å². The number of rotatable bonds is 3. The number of nitrogens with one attached hydrogen (secondary N) is 1. The van der Waals surface area contributed by atoms with Crippen molar-refractivity contribution in [1.29, 1.82) is 0 Å². The largest absolute Gasteiger partial charge is 0.297 e. The van der Waals surface area contributed by atoms with Crippen LogP contribution in [-0.2, 0) is 6.54 Å². The van der Waals surface area contributed by atoms with Crippen molar-refractivity contribution in [2.75, 3.05) is 13.1 Å².